The Morgan fingerprint density at radius 3 is 2.94 bits per heavy atom. The van der Waals surface area contributed by atoms with Gasteiger partial charge in [-0.2, -0.15) is 0 Å². The lowest BCUT2D eigenvalue weighted by Crippen LogP contribution is -2.33. The molecule has 1 aliphatic heterocycles. The van der Waals surface area contributed by atoms with Crippen LogP contribution in [-0.4, -0.2) is 31.4 Å². The fourth-order valence-corrected chi connectivity index (χ4v) is 3.38. The van der Waals surface area contributed by atoms with E-state index in [4.69, 9.17) is 0 Å². The van der Waals surface area contributed by atoms with E-state index in [0.29, 0.717) is 12.0 Å². The van der Waals surface area contributed by atoms with E-state index in [1.165, 1.54) is 16.2 Å². The Morgan fingerprint density at radius 2 is 2.12 bits per heavy atom. The van der Waals surface area contributed by atoms with Crippen LogP contribution in [0.25, 0.3) is 0 Å². The van der Waals surface area contributed by atoms with Crippen LogP contribution in [0.15, 0.2) is 29.2 Å². The molecule has 0 spiro atoms. The molecule has 0 bridgehead atoms. The molecule has 3 heteroatoms. The molecule has 1 heterocycles. The maximum Gasteiger partial charge on any atom is 0.0108 e. The summed E-state index contributed by atoms with van der Waals surface area (Å²) in [6.07, 6.45) is 0. The largest absolute Gasteiger partial charge is 0.315 e. The number of benzene rings is 1. The minimum atomic E-state index is 0.583. The van der Waals surface area contributed by atoms with Crippen LogP contribution in [0.1, 0.15) is 25.3 Å². The van der Waals surface area contributed by atoms with Crippen LogP contribution < -0.4 is 10.6 Å². The Hall–Kier alpha value is -0.510. The lowest BCUT2D eigenvalue weighted by molar-refractivity contribution is 0.543. The predicted molar refractivity (Wildman–Crippen MR) is 75.9 cm³/mol. The van der Waals surface area contributed by atoms with Gasteiger partial charge in [0.05, 0.1) is 0 Å². The fourth-order valence-electron chi connectivity index (χ4n) is 2.12. The van der Waals surface area contributed by atoms with Gasteiger partial charge in [-0.3, -0.25) is 0 Å². The minimum Gasteiger partial charge on any atom is -0.315 e. The van der Waals surface area contributed by atoms with Crippen molar-refractivity contribution in [2.45, 2.75) is 30.7 Å². The van der Waals surface area contributed by atoms with Gasteiger partial charge in [-0.1, -0.05) is 32.0 Å². The van der Waals surface area contributed by atoms with E-state index in [9.17, 15) is 0 Å². The van der Waals surface area contributed by atoms with Gasteiger partial charge >= 0.3 is 0 Å². The normalized spacial score (nSPS) is 18.6. The third-order valence-corrected chi connectivity index (χ3v) is 4.30. The highest BCUT2D eigenvalue weighted by Gasteiger charge is 2.21. The number of hydrogen-bond acceptors (Lipinski definition) is 3. The van der Waals surface area contributed by atoms with Gasteiger partial charge in [0.25, 0.3) is 0 Å². The summed E-state index contributed by atoms with van der Waals surface area (Å²) in [6, 6.07) is 9.38. The molecule has 0 radical (unpaired) electrons. The van der Waals surface area contributed by atoms with Crippen LogP contribution in [0.3, 0.4) is 0 Å². The summed E-state index contributed by atoms with van der Waals surface area (Å²) >= 11 is 1.99. The summed E-state index contributed by atoms with van der Waals surface area (Å²) < 4.78 is 0. The molecule has 2 N–H and O–H groups in total. The fraction of sp³-hybridized carbons (Fsp3) is 0.571. The van der Waals surface area contributed by atoms with Crippen LogP contribution in [0.4, 0.5) is 0 Å². The van der Waals surface area contributed by atoms with Gasteiger partial charge in [-0.25, -0.2) is 0 Å². The molecule has 1 unspecified atom stereocenters. The Labute approximate surface area is 109 Å². The SMILES string of the molecule is CC(C)NCCNCC1CSc2ccccc21. The van der Waals surface area contributed by atoms with Gasteiger partial charge < -0.3 is 10.6 Å². The average molecular weight is 250 g/mol. The quantitative estimate of drug-likeness (QED) is 0.759. The predicted octanol–water partition coefficient (Wildman–Crippen LogP) is 2.46. The Kier molecular flexibility index (Phi) is 4.89. The molecule has 0 fully saturated rings. The number of hydrogen-bond donors (Lipinski definition) is 2. The highest BCUT2D eigenvalue weighted by molar-refractivity contribution is 7.99. The maximum absolute atomic E-state index is 3.55. The smallest absolute Gasteiger partial charge is 0.0108 e. The molecule has 0 amide bonds. The Balaban J connectivity index is 1.71. The van der Waals surface area contributed by atoms with E-state index < -0.39 is 0 Å². The maximum atomic E-state index is 3.55. The van der Waals surface area contributed by atoms with Crippen molar-refractivity contribution in [1.82, 2.24) is 10.6 Å². The van der Waals surface area contributed by atoms with Gasteiger partial charge in [0.2, 0.25) is 0 Å². The molecule has 0 saturated carbocycles. The molecular weight excluding hydrogens is 228 g/mol. The number of rotatable bonds is 6. The summed E-state index contributed by atoms with van der Waals surface area (Å²) in [5.41, 5.74) is 1.53. The summed E-state index contributed by atoms with van der Waals surface area (Å²) in [5.74, 6) is 1.92. The van der Waals surface area contributed by atoms with E-state index in [0.717, 1.165) is 19.6 Å². The van der Waals surface area contributed by atoms with E-state index in [-0.39, 0.29) is 0 Å². The molecule has 1 aliphatic rings. The molecule has 2 rings (SSSR count). The van der Waals surface area contributed by atoms with Crippen LogP contribution in [0.2, 0.25) is 0 Å². The standard InChI is InChI=1S/C14H22N2S/c1-11(2)16-8-7-15-9-12-10-17-14-6-4-3-5-13(12)14/h3-6,11-12,15-16H,7-10H2,1-2H3. The van der Waals surface area contributed by atoms with Crippen molar-refractivity contribution in [3.63, 3.8) is 0 Å². The molecule has 17 heavy (non-hydrogen) atoms. The zero-order valence-electron chi connectivity index (χ0n) is 10.7. The lowest BCUT2D eigenvalue weighted by Gasteiger charge is -2.13. The second kappa shape index (κ2) is 6.43. The van der Waals surface area contributed by atoms with Crippen LogP contribution in [0, 0.1) is 0 Å². The topological polar surface area (TPSA) is 24.1 Å². The van der Waals surface area contributed by atoms with E-state index >= 15 is 0 Å². The molecule has 1 aromatic carbocycles. The molecule has 0 aromatic heterocycles. The number of fused-ring (bicyclic) bond motifs is 1. The third-order valence-electron chi connectivity index (χ3n) is 3.04. The van der Waals surface area contributed by atoms with Crippen molar-refractivity contribution < 1.29 is 0 Å². The Morgan fingerprint density at radius 1 is 1.29 bits per heavy atom. The average Bonchev–Trinajstić information content (AvgIpc) is 2.72. The molecule has 2 nitrogen and oxygen atoms in total. The molecule has 0 aliphatic carbocycles. The van der Waals surface area contributed by atoms with Crippen LogP contribution in [-0.2, 0) is 0 Å². The molecule has 1 atom stereocenters. The van der Waals surface area contributed by atoms with Gasteiger partial charge in [0, 0.05) is 42.2 Å². The third kappa shape index (κ3) is 3.73. The summed E-state index contributed by atoms with van der Waals surface area (Å²) in [7, 11) is 0. The van der Waals surface area contributed by atoms with Crippen LogP contribution in [0.5, 0.6) is 0 Å². The first-order valence-electron chi connectivity index (χ1n) is 6.43. The molecule has 0 saturated heterocycles. The first-order chi connectivity index (χ1) is 8.27. The second-order valence-electron chi connectivity index (χ2n) is 4.86. The molecule has 94 valence electrons. The monoisotopic (exact) mass is 250 g/mol. The van der Waals surface area contributed by atoms with E-state index in [1.54, 1.807) is 0 Å². The van der Waals surface area contributed by atoms with E-state index in [2.05, 4.69) is 48.7 Å². The van der Waals surface area contributed by atoms with Gasteiger partial charge in [-0.05, 0) is 11.6 Å². The highest BCUT2D eigenvalue weighted by Crippen LogP contribution is 2.38. The van der Waals surface area contributed by atoms with Crippen molar-refractivity contribution in [3.8, 4) is 0 Å². The Bertz CT molecular complexity index is 352. The number of nitrogens with one attached hydrogen (secondary N) is 2. The summed E-state index contributed by atoms with van der Waals surface area (Å²) in [6.45, 7) is 7.58. The zero-order valence-corrected chi connectivity index (χ0v) is 11.5. The number of thioether (sulfide) groups is 1. The first-order valence-corrected chi connectivity index (χ1v) is 7.41. The molecular formula is C14H22N2S. The van der Waals surface area contributed by atoms with Crippen molar-refractivity contribution in [2.24, 2.45) is 0 Å². The summed E-state index contributed by atoms with van der Waals surface area (Å²) in [5, 5.41) is 6.97. The van der Waals surface area contributed by atoms with Gasteiger partial charge in [-0.15, -0.1) is 11.8 Å². The summed E-state index contributed by atoms with van der Waals surface area (Å²) in [4.78, 5) is 1.47. The van der Waals surface area contributed by atoms with Gasteiger partial charge in [0.1, 0.15) is 0 Å². The van der Waals surface area contributed by atoms with Crippen molar-refractivity contribution in [1.29, 1.82) is 0 Å². The van der Waals surface area contributed by atoms with Gasteiger partial charge in [0.15, 0.2) is 0 Å². The molecule has 1 aromatic rings. The minimum absolute atomic E-state index is 0.583. The lowest BCUT2D eigenvalue weighted by atomic mass is 10.0. The van der Waals surface area contributed by atoms with Crippen molar-refractivity contribution >= 4 is 11.8 Å². The zero-order chi connectivity index (χ0) is 12.1. The van der Waals surface area contributed by atoms with Crippen molar-refractivity contribution in [2.75, 3.05) is 25.4 Å². The second-order valence-corrected chi connectivity index (χ2v) is 5.92. The van der Waals surface area contributed by atoms with Crippen molar-refractivity contribution in [3.05, 3.63) is 29.8 Å². The first kappa shape index (κ1) is 12.9. The van der Waals surface area contributed by atoms with Crippen LogP contribution >= 0.6 is 11.8 Å². The highest BCUT2D eigenvalue weighted by atomic mass is 32.2. The van der Waals surface area contributed by atoms with E-state index in [1.807, 2.05) is 11.8 Å².